The van der Waals surface area contributed by atoms with Crippen molar-refractivity contribution in [2.24, 2.45) is 0 Å². The average Bonchev–Trinajstić information content (AvgIpc) is 3.27. The van der Waals surface area contributed by atoms with Crippen molar-refractivity contribution < 1.29 is 9.18 Å². The van der Waals surface area contributed by atoms with Crippen LogP contribution in [0.15, 0.2) is 59.8 Å². The van der Waals surface area contributed by atoms with Crippen LogP contribution >= 0.6 is 11.8 Å². The van der Waals surface area contributed by atoms with E-state index in [4.69, 9.17) is 0 Å². The van der Waals surface area contributed by atoms with Gasteiger partial charge in [-0.2, -0.15) is 0 Å². The lowest BCUT2D eigenvalue weighted by atomic mass is 10.1. The first kappa shape index (κ1) is 22.3. The Bertz CT molecular complexity index is 1030. The Morgan fingerprint density at radius 3 is 2.44 bits per heavy atom. The molecule has 1 unspecified atom stereocenters. The summed E-state index contributed by atoms with van der Waals surface area (Å²) in [6.07, 6.45) is 3.54. The van der Waals surface area contributed by atoms with Crippen LogP contribution in [0.4, 0.5) is 10.3 Å². The molecular weight excluding hydrogens is 425 g/mol. The maximum Gasteiger partial charge on any atom is 0.233 e. The normalized spacial score (nSPS) is 14.9. The van der Waals surface area contributed by atoms with Gasteiger partial charge >= 0.3 is 0 Å². The average molecular weight is 454 g/mol. The number of nitrogens with zero attached hydrogens (tertiary/aromatic N) is 5. The maximum atomic E-state index is 13.2. The van der Waals surface area contributed by atoms with Crippen molar-refractivity contribution >= 4 is 23.6 Å². The van der Waals surface area contributed by atoms with Crippen molar-refractivity contribution in [1.29, 1.82) is 0 Å². The summed E-state index contributed by atoms with van der Waals surface area (Å²) in [5, 5.41) is 9.62. The minimum Gasteiger partial charge on any atom is -0.341 e. The van der Waals surface area contributed by atoms with Gasteiger partial charge in [-0.05, 0) is 56.0 Å². The van der Waals surface area contributed by atoms with E-state index in [1.807, 2.05) is 41.8 Å². The van der Waals surface area contributed by atoms with Gasteiger partial charge in [0.15, 0.2) is 5.16 Å². The van der Waals surface area contributed by atoms with Gasteiger partial charge in [-0.25, -0.2) is 4.39 Å². The smallest absolute Gasteiger partial charge is 0.233 e. The van der Waals surface area contributed by atoms with Crippen molar-refractivity contribution in [3.05, 3.63) is 66.0 Å². The molecule has 168 valence electrons. The van der Waals surface area contributed by atoms with Gasteiger partial charge in [-0.3, -0.25) is 9.36 Å². The fraction of sp³-hybridized carbons (Fsp3) is 0.375. The van der Waals surface area contributed by atoms with E-state index in [1.165, 1.54) is 30.3 Å². The Kier molecular flexibility index (Phi) is 7.09. The van der Waals surface area contributed by atoms with Gasteiger partial charge < -0.3 is 9.80 Å². The second-order valence-electron chi connectivity index (χ2n) is 8.02. The van der Waals surface area contributed by atoms with Gasteiger partial charge in [0.25, 0.3) is 0 Å². The number of hydrogen-bond donors (Lipinski definition) is 0. The molecule has 0 aliphatic carbocycles. The van der Waals surface area contributed by atoms with Crippen molar-refractivity contribution in [3.63, 3.8) is 0 Å². The van der Waals surface area contributed by atoms with Gasteiger partial charge in [-0.15, -0.1) is 10.2 Å². The monoisotopic (exact) mass is 453 g/mol. The topological polar surface area (TPSA) is 54.3 Å². The standard InChI is InChI=1S/C24H28FN5OS/c1-18(19-11-13-20(25)14-12-19)28(2)22(31)17-32-24-27-26-23(29-15-7-4-8-16-29)30(24)21-9-5-3-6-10-21/h3,5-6,9-14,18H,4,7-8,15-17H2,1-2H3. The summed E-state index contributed by atoms with van der Waals surface area (Å²) in [7, 11) is 1.78. The van der Waals surface area contributed by atoms with Crippen LogP contribution in [0.2, 0.25) is 0 Å². The first-order valence-corrected chi connectivity index (χ1v) is 11.9. The molecule has 1 aliphatic rings. The summed E-state index contributed by atoms with van der Waals surface area (Å²) in [4.78, 5) is 16.9. The van der Waals surface area contributed by atoms with Crippen LogP contribution < -0.4 is 4.90 Å². The van der Waals surface area contributed by atoms with E-state index in [9.17, 15) is 9.18 Å². The molecule has 32 heavy (non-hydrogen) atoms. The van der Waals surface area contributed by atoms with Crippen LogP contribution in [0.25, 0.3) is 5.69 Å². The van der Waals surface area contributed by atoms with Crippen LogP contribution in [0, 0.1) is 5.82 Å². The molecule has 0 spiro atoms. The predicted molar refractivity (Wildman–Crippen MR) is 126 cm³/mol. The highest BCUT2D eigenvalue weighted by Gasteiger charge is 2.23. The summed E-state index contributed by atoms with van der Waals surface area (Å²) < 4.78 is 15.3. The highest BCUT2D eigenvalue weighted by molar-refractivity contribution is 7.99. The van der Waals surface area contributed by atoms with Crippen LogP contribution in [-0.4, -0.2) is 51.5 Å². The van der Waals surface area contributed by atoms with E-state index in [2.05, 4.69) is 15.1 Å². The number of amides is 1. The van der Waals surface area contributed by atoms with E-state index in [0.29, 0.717) is 5.16 Å². The molecule has 1 aliphatic heterocycles. The molecular formula is C24H28FN5OS. The number of rotatable bonds is 7. The first-order chi connectivity index (χ1) is 15.5. The fourth-order valence-corrected chi connectivity index (χ4v) is 4.74. The molecule has 1 aromatic heterocycles. The zero-order valence-electron chi connectivity index (χ0n) is 18.4. The summed E-state index contributed by atoms with van der Waals surface area (Å²) in [6, 6.07) is 16.2. The Morgan fingerprint density at radius 1 is 1.06 bits per heavy atom. The van der Waals surface area contributed by atoms with E-state index in [-0.39, 0.29) is 23.5 Å². The largest absolute Gasteiger partial charge is 0.341 e. The quantitative estimate of drug-likeness (QED) is 0.485. The number of carbonyl (C=O) groups is 1. The summed E-state index contributed by atoms with van der Waals surface area (Å²) in [5.74, 6) is 0.774. The van der Waals surface area contributed by atoms with Gasteiger partial charge in [0.1, 0.15) is 5.82 Å². The van der Waals surface area contributed by atoms with E-state index < -0.39 is 0 Å². The molecule has 1 fully saturated rings. The fourth-order valence-electron chi connectivity index (χ4n) is 3.87. The maximum absolute atomic E-state index is 13.2. The number of anilines is 1. The number of piperidine rings is 1. The van der Waals surface area contributed by atoms with Crippen LogP contribution in [0.3, 0.4) is 0 Å². The van der Waals surface area contributed by atoms with Crippen molar-refractivity contribution in [3.8, 4) is 5.69 Å². The Hall–Kier alpha value is -2.87. The SMILES string of the molecule is CC(c1ccc(F)cc1)N(C)C(=O)CSc1nnc(N2CCCCC2)n1-c1ccccc1. The number of benzene rings is 2. The number of thioether (sulfide) groups is 1. The number of hydrogen-bond acceptors (Lipinski definition) is 5. The highest BCUT2D eigenvalue weighted by atomic mass is 32.2. The van der Waals surface area contributed by atoms with Crippen LogP contribution in [0.1, 0.15) is 37.8 Å². The van der Waals surface area contributed by atoms with Gasteiger partial charge in [-0.1, -0.05) is 42.1 Å². The molecule has 1 amide bonds. The van der Waals surface area contributed by atoms with Crippen molar-refractivity contribution in [2.45, 2.75) is 37.4 Å². The molecule has 3 aromatic rings. The lowest BCUT2D eigenvalue weighted by Crippen LogP contribution is -2.32. The van der Waals surface area contributed by atoms with E-state index in [1.54, 1.807) is 24.1 Å². The van der Waals surface area contributed by atoms with Gasteiger partial charge in [0, 0.05) is 20.1 Å². The zero-order chi connectivity index (χ0) is 22.5. The molecule has 0 N–H and O–H groups in total. The molecule has 8 heteroatoms. The molecule has 0 saturated carbocycles. The molecule has 6 nitrogen and oxygen atoms in total. The third-order valence-corrected chi connectivity index (χ3v) is 6.83. The first-order valence-electron chi connectivity index (χ1n) is 10.9. The molecule has 0 bridgehead atoms. The van der Waals surface area contributed by atoms with Gasteiger partial charge in [0.2, 0.25) is 11.9 Å². The summed E-state index contributed by atoms with van der Waals surface area (Å²) >= 11 is 1.39. The lowest BCUT2D eigenvalue weighted by Gasteiger charge is -2.28. The second-order valence-corrected chi connectivity index (χ2v) is 8.96. The third kappa shape index (κ3) is 4.96. The van der Waals surface area contributed by atoms with Crippen molar-refractivity contribution in [1.82, 2.24) is 19.7 Å². The molecule has 0 radical (unpaired) electrons. The summed E-state index contributed by atoms with van der Waals surface area (Å²) in [6.45, 7) is 3.87. The minimum absolute atomic E-state index is 0.0195. The highest BCUT2D eigenvalue weighted by Crippen LogP contribution is 2.29. The predicted octanol–water partition coefficient (Wildman–Crippen LogP) is 4.71. The Morgan fingerprint density at radius 2 is 1.75 bits per heavy atom. The van der Waals surface area contributed by atoms with E-state index >= 15 is 0 Å². The number of halogens is 1. The van der Waals surface area contributed by atoms with E-state index in [0.717, 1.165) is 43.1 Å². The molecule has 1 atom stereocenters. The van der Waals surface area contributed by atoms with Crippen molar-refractivity contribution in [2.75, 3.05) is 30.8 Å². The third-order valence-electron chi connectivity index (χ3n) is 5.92. The number of para-hydroxylation sites is 1. The molecule has 4 rings (SSSR count). The van der Waals surface area contributed by atoms with Crippen LogP contribution in [0.5, 0.6) is 0 Å². The second kappa shape index (κ2) is 10.2. The van der Waals surface area contributed by atoms with Crippen LogP contribution in [-0.2, 0) is 4.79 Å². The Balaban J connectivity index is 1.50. The molecule has 1 saturated heterocycles. The number of aromatic nitrogens is 3. The Labute approximate surface area is 192 Å². The van der Waals surface area contributed by atoms with Gasteiger partial charge in [0.05, 0.1) is 17.5 Å². The molecule has 2 aromatic carbocycles. The lowest BCUT2D eigenvalue weighted by molar-refractivity contribution is -0.128. The number of carbonyl (C=O) groups excluding carboxylic acids is 1. The minimum atomic E-state index is -0.282. The molecule has 2 heterocycles. The summed E-state index contributed by atoms with van der Waals surface area (Å²) in [5.41, 5.74) is 1.88. The zero-order valence-corrected chi connectivity index (χ0v) is 19.3.